The average molecular weight is 1830 g/mol. The van der Waals surface area contributed by atoms with Crippen LogP contribution in [0.5, 0.6) is 0 Å². The quantitative estimate of drug-likeness (QED) is 0.0221. The molecule has 0 saturated heterocycles. The summed E-state index contributed by atoms with van der Waals surface area (Å²) in [6.45, 7) is 21.1. The van der Waals surface area contributed by atoms with Gasteiger partial charge in [0, 0.05) is 38.9 Å². The number of aliphatic imine (C=N–C) groups is 3. The first-order chi connectivity index (χ1) is 51.0. The van der Waals surface area contributed by atoms with Gasteiger partial charge >= 0.3 is 125 Å². The summed E-state index contributed by atoms with van der Waals surface area (Å²) in [6, 6.07) is 65.7. The van der Waals surface area contributed by atoms with Crippen LogP contribution < -0.4 is 36.5 Å². The van der Waals surface area contributed by atoms with Crippen LogP contribution in [0.25, 0.3) is 0 Å². The first kappa shape index (κ1) is 93.3. The molecule has 571 valence electrons. The fourth-order valence-corrected chi connectivity index (χ4v) is 15.1. The van der Waals surface area contributed by atoms with Gasteiger partial charge in [-0.15, -0.1) is 0 Å². The van der Waals surface area contributed by atoms with Crippen molar-refractivity contribution in [3.8, 4) is 0 Å². The van der Waals surface area contributed by atoms with Gasteiger partial charge in [0.25, 0.3) is 0 Å². The van der Waals surface area contributed by atoms with E-state index in [1.807, 2.05) is 169 Å². The standard InChI is InChI=1S/C30H29N2OP.C29H24F3N2OP.C19H20F3N2OP.9ClH.3Cr/c1-21-15-17-25(18-16-21)29(33)30(31-28-23(3)19-22(2)20-24(28)4)32-34(26-11-7-5-8-12-26)27-13-9-6-10-14-27;1-18-14-16-21(17-15-18)28(35)29(33-27-19(2)24(30)26(32)25(31)20(27)3)34-36(22-10-6-4-7-11-22)23-12-8-5-9-13-23;1-10-6-8-13(9-7-10)18(25)19(24-26(4)5)23-17-11(2)14(20)16(22)15(21)12(17)3;;;;;;;;;;;;/h5-20H,1-4H3,(H,31,32);4-17H,1-3H3,(H,33,34);6-9H,1-5H3,(H,23,24);9*1H;;;/q;;;;;;;;;;;;3*+3/p-6. The summed E-state index contributed by atoms with van der Waals surface area (Å²) in [5.41, 5.74) is 7.83. The van der Waals surface area contributed by atoms with Crippen molar-refractivity contribution in [3.05, 3.63) is 313 Å². The van der Waals surface area contributed by atoms with Crippen LogP contribution >= 0.6 is 115 Å². The second-order valence-corrected chi connectivity index (χ2v) is 49.4. The second kappa shape index (κ2) is 46.6. The van der Waals surface area contributed by atoms with Crippen molar-refractivity contribution in [2.45, 2.75) is 69.2 Å². The summed E-state index contributed by atoms with van der Waals surface area (Å²) >= 11 is -4.87. The molecule has 0 radical (unpaired) electrons. The van der Waals surface area contributed by atoms with Gasteiger partial charge in [-0.3, -0.25) is 14.4 Å². The molecule has 30 heteroatoms. The van der Waals surface area contributed by atoms with Crippen molar-refractivity contribution in [1.82, 2.24) is 15.3 Å². The maximum atomic E-state index is 14.5. The molecule has 0 atom stereocenters. The predicted molar refractivity (Wildman–Crippen MR) is 443 cm³/mol. The van der Waals surface area contributed by atoms with Gasteiger partial charge in [0.2, 0.25) is 34.9 Å². The number of aryl methyl sites for hydroxylation is 6. The normalized spacial score (nSPS) is 11.3. The fraction of sp³-hybridized carbons (Fsp3) is 0.154. The van der Waals surface area contributed by atoms with Gasteiger partial charge in [0.05, 0.1) is 38.5 Å². The van der Waals surface area contributed by atoms with Crippen molar-refractivity contribution >= 4 is 188 Å². The third-order valence-electron chi connectivity index (χ3n) is 15.5. The molecule has 10 rings (SSSR count). The zero-order chi connectivity index (χ0) is 80.2. The van der Waals surface area contributed by atoms with Gasteiger partial charge in [-0.2, -0.15) is 0 Å². The molecule has 0 amide bonds. The molecule has 3 N–H and O–H groups in total. The molecule has 9 nitrogen and oxygen atoms in total. The molecular formula is C78H76Cl9Cr3F6N6O3P3+3. The summed E-state index contributed by atoms with van der Waals surface area (Å²) < 4.78 is 84.4. The summed E-state index contributed by atoms with van der Waals surface area (Å²) in [5.74, 6) is -8.97. The molecule has 0 bridgehead atoms. The van der Waals surface area contributed by atoms with Gasteiger partial charge in [0.15, 0.2) is 51.0 Å². The summed E-state index contributed by atoms with van der Waals surface area (Å²) in [7, 11) is 39.9. The molecule has 0 aliphatic carbocycles. The van der Waals surface area contributed by atoms with E-state index in [1.165, 1.54) is 43.9 Å². The minimum atomic E-state index is -1.79. The number of carbonyl (C=O) groups excluding carboxylic acids is 3. The molecule has 10 aromatic rings. The van der Waals surface area contributed by atoms with Crippen LogP contribution in [-0.4, -0.2) is 48.2 Å². The molecule has 0 aliphatic rings. The van der Waals surface area contributed by atoms with E-state index in [4.69, 9.17) is 95.4 Å². The zero-order valence-electron chi connectivity index (χ0n) is 60.1. The third kappa shape index (κ3) is 29.3. The molecule has 0 aliphatic heterocycles. The fourth-order valence-electron chi connectivity index (χ4n) is 10.3. The number of ketones is 3. The number of amidine groups is 3. The van der Waals surface area contributed by atoms with E-state index in [9.17, 15) is 40.7 Å². The number of nitrogens with zero attached hydrogens (tertiary/aromatic N) is 3. The van der Waals surface area contributed by atoms with Crippen molar-refractivity contribution in [2.24, 2.45) is 15.0 Å². The summed E-state index contributed by atoms with van der Waals surface area (Å²) in [4.78, 5) is 53.9. The van der Waals surface area contributed by atoms with E-state index in [1.54, 1.807) is 48.5 Å². The SMILES string of the molecule is Cc1ccc(C(=O)C(=Nc2c(C)c(F)c(F)c(F)c2C)N[PH+](C)C)cc1.Cc1ccc(C(=O)C(=Nc2c(C)c(F)c(F)c(F)c2C)N[PH+](c2ccccc2)c2ccccc2)cc1.Cc1ccc(C(=O)C(=Nc2c(C)cc(C)cc2C)N[PH+](c2ccccc2)c2ccccc2)cc1.[Cl][Cr]([Cl])[Cl].[Cl][Cr]([Cl])[Cl].[Cl][Cr]([Cl])[Cl]. The van der Waals surface area contributed by atoms with Crippen LogP contribution in [0, 0.1) is 104 Å². The Hall–Kier alpha value is -5.30. The van der Waals surface area contributed by atoms with E-state index in [2.05, 4.69) is 68.6 Å². The Labute approximate surface area is 682 Å². The molecule has 0 saturated carbocycles. The number of hydrogen-bond acceptors (Lipinski definition) is 6. The number of halogens is 15. The molecular weight excluding hydrogens is 1750 g/mol. The van der Waals surface area contributed by atoms with E-state index in [0.29, 0.717) is 22.5 Å². The Morgan fingerprint density at radius 3 is 0.741 bits per heavy atom. The first-order valence-electron chi connectivity index (χ1n) is 32.2. The topological polar surface area (TPSA) is 124 Å². The molecule has 0 unspecified atom stereocenters. The van der Waals surface area contributed by atoms with Crippen LogP contribution in [0.1, 0.15) is 86.7 Å². The Balaban J connectivity index is 0.000000272. The van der Waals surface area contributed by atoms with Crippen LogP contribution in [0.4, 0.5) is 43.4 Å². The Morgan fingerprint density at radius 1 is 0.306 bits per heavy atom. The van der Waals surface area contributed by atoms with Crippen molar-refractivity contribution in [1.29, 1.82) is 0 Å². The Bertz CT molecular complexity index is 4570. The van der Waals surface area contributed by atoms with Gasteiger partial charge in [-0.05, 0) is 129 Å². The second-order valence-electron chi connectivity index (χ2n) is 23.9. The molecule has 108 heavy (non-hydrogen) atoms. The number of nitrogens with one attached hydrogen (secondary N) is 3. The molecule has 10 aromatic carbocycles. The van der Waals surface area contributed by atoms with Gasteiger partial charge in [0.1, 0.15) is 21.2 Å². The number of hydrogen-bond donors (Lipinski definition) is 3. The average Bonchev–Trinajstić information content (AvgIpc) is 0.800. The Morgan fingerprint density at radius 2 is 0.519 bits per heavy atom. The minimum absolute atomic E-state index is 0.00986. The van der Waals surface area contributed by atoms with Gasteiger partial charge in [-0.25, -0.2) is 56.6 Å². The molecule has 0 aromatic heterocycles. The first-order valence-corrected chi connectivity index (χ1v) is 53.5. The summed E-state index contributed by atoms with van der Waals surface area (Å²) in [6.07, 6.45) is 0. The summed E-state index contributed by atoms with van der Waals surface area (Å²) in [5, 5.41) is 14.2. The molecule has 0 fully saturated rings. The van der Waals surface area contributed by atoms with E-state index < -0.39 is 99.1 Å². The van der Waals surface area contributed by atoms with Gasteiger partial charge < -0.3 is 0 Å². The van der Waals surface area contributed by atoms with E-state index in [0.717, 1.165) is 44.1 Å². The number of carbonyl (C=O) groups is 3. The monoisotopic (exact) mass is 1820 g/mol. The molecule has 0 heterocycles. The van der Waals surface area contributed by atoms with E-state index in [-0.39, 0.29) is 56.9 Å². The molecule has 0 spiro atoms. The Kier molecular flexibility index (Phi) is 40.3. The number of Topliss-reactive ketones (excluding diaryl/α,β-unsaturated/α-hetero) is 3. The third-order valence-corrected chi connectivity index (χ3v) is 20.9. The van der Waals surface area contributed by atoms with E-state index >= 15 is 0 Å². The van der Waals surface area contributed by atoms with Crippen molar-refractivity contribution < 1.29 is 74.9 Å². The van der Waals surface area contributed by atoms with Crippen LogP contribution in [0.3, 0.4) is 0 Å². The maximum absolute atomic E-state index is 14.5. The number of rotatable bonds is 16. The van der Waals surface area contributed by atoms with Crippen LogP contribution in [-0.2, 0) is 34.2 Å². The van der Waals surface area contributed by atoms with Crippen molar-refractivity contribution in [2.75, 3.05) is 13.3 Å². The van der Waals surface area contributed by atoms with Crippen LogP contribution in [0.2, 0.25) is 0 Å². The number of benzene rings is 10. The van der Waals surface area contributed by atoms with Crippen molar-refractivity contribution in [3.63, 3.8) is 0 Å². The van der Waals surface area contributed by atoms with Crippen LogP contribution in [0.15, 0.2) is 221 Å². The predicted octanol–water partition coefficient (Wildman–Crippen LogP) is 23.6. The zero-order valence-corrected chi connectivity index (χ0v) is 73.7. The van der Waals surface area contributed by atoms with Gasteiger partial charge in [-0.1, -0.05) is 180 Å².